The third kappa shape index (κ3) is 4.37. The van der Waals surface area contributed by atoms with Crippen LogP contribution in [0.1, 0.15) is 25.5 Å². The minimum Gasteiger partial charge on any atom is -0.496 e. The fourth-order valence-corrected chi connectivity index (χ4v) is 4.19. The number of aliphatic carboxylic acids is 1. The molecule has 0 saturated heterocycles. The molecular weight excluding hydrogens is 450 g/mol. The number of fused-ring (bicyclic) bond motifs is 1. The Bertz CT molecular complexity index is 1330. The maximum absolute atomic E-state index is 12.0. The van der Waals surface area contributed by atoms with Gasteiger partial charge in [-0.25, -0.2) is 4.79 Å². The SMILES string of the molecule is COc1ccc(Cl)cc1-c1nnc(S/C(=C\c2cn(C(C)C)c3ccccc23)C(=O)O)o1. The van der Waals surface area contributed by atoms with E-state index in [0.29, 0.717) is 16.3 Å². The topological polar surface area (TPSA) is 90.4 Å². The van der Waals surface area contributed by atoms with E-state index in [1.807, 2.05) is 30.5 Å². The number of halogens is 1. The lowest BCUT2D eigenvalue weighted by atomic mass is 10.1. The summed E-state index contributed by atoms with van der Waals surface area (Å²) >= 11 is 6.97. The summed E-state index contributed by atoms with van der Waals surface area (Å²) in [7, 11) is 1.53. The van der Waals surface area contributed by atoms with Gasteiger partial charge < -0.3 is 18.8 Å². The van der Waals surface area contributed by atoms with Gasteiger partial charge in [-0.1, -0.05) is 29.8 Å². The molecule has 0 amide bonds. The second-order valence-electron chi connectivity index (χ2n) is 7.24. The lowest BCUT2D eigenvalue weighted by Gasteiger charge is -2.08. The van der Waals surface area contributed by atoms with Crippen molar-refractivity contribution >= 4 is 46.3 Å². The number of hydrogen-bond acceptors (Lipinski definition) is 6. The second kappa shape index (κ2) is 9.10. The fourth-order valence-electron chi connectivity index (χ4n) is 3.35. The summed E-state index contributed by atoms with van der Waals surface area (Å²) in [5.74, 6) is -0.380. The molecule has 7 nitrogen and oxygen atoms in total. The number of para-hydroxylation sites is 1. The molecule has 0 spiro atoms. The first kappa shape index (κ1) is 22.0. The molecule has 2 aromatic carbocycles. The molecule has 9 heteroatoms. The van der Waals surface area contributed by atoms with Crippen LogP contribution in [0.4, 0.5) is 0 Å². The molecule has 32 heavy (non-hydrogen) atoms. The minimum atomic E-state index is -1.09. The second-order valence-corrected chi connectivity index (χ2v) is 8.67. The molecule has 164 valence electrons. The molecule has 4 rings (SSSR count). The quantitative estimate of drug-likeness (QED) is 0.256. The average Bonchev–Trinajstić information content (AvgIpc) is 3.38. The first-order valence-corrected chi connectivity index (χ1v) is 11.0. The minimum absolute atomic E-state index is 0.0601. The Morgan fingerprint density at radius 2 is 2.03 bits per heavy atom. The van der Waals surface area contributed by atoms with Gasteiger partial charge in [0.2, 0.25) is 0 Å². The van der Waals surface area contributed by atoms with Crippen LogP contribution in [0.25, 0.3) is 28.4 Å². The van der Waals surface area contributed by atoms with Crippen molar-refractivity contribution in [1.82, 2.24) is 14.8 Å². The van der Waals surface area contributed by atoms with Gasteiger partial charge in [0.1, 0.15) is 10.7 Å². The van der Waals surface area contributed by atoms with Crippen LogP contribution < -0.4 is 4.74 Å². The highest BCUT2D eigenvalue weighted by Gasteiger charge is 2.19. The van der Waals surface area contributed by atoms with E-state index >= 15 is 0 Å². The van der Waals surface area contributed by atoms with E-state index in [9.17, 15) is 9.90 Å². The summed E-state index contributed by atoms with van der Waals surface area (Å²) in [5, 5.41) is 19.4. The average molecular weight is 470 g/mol. The van der Waals surface area contributed by atoms with Crippen molar-refractivity contribution in [2.24, 2.45) is 0 Å². The first-order chi connectivity index (χ1) is 15.4. The van der Waals surface area contributed by atoms with Crippen molar-refractivity contribution in [1.29, 1.82) is 0 Å². The van der Waals surface area contributed by atoms with Gasteiger partial charge in [0.25, 0.3) is 11.1 Å². The number of aromatic nitrogens is 3. The molecule has 2 heterocycles. The van der Waals surface area contributed by atoms with E-state index in [4.69, 9.17) is 20.8 Å². The van der Waals surface area contributed by atoms with Crippen molar-refractivity contribution in [2.45, 2.75) is 25.1 Å². The highest BCUT2D eigenvalue weighted by Crippen LogP contribution is 2.36. The van der Waals surface area contributed by atoms with Crippen LogP contribution in [0.15, 0.2) is 63.2 Å². The zero-order valence-electron chi connectivity index (χ0n) is 17.6. The maximum atomic E-state index is 12.0. The van der Waals surface area contributed by atoms with E-state index in [2.05, 4.69) is 28.6 Å². The molecule has 0 radical (unpaired) electrons. The van der Waals surface area contributed by atoms with Crippen LogP contribution >= 0.6 is 23.4 Å². The maximum Gasteiger partial charge on any atom is 0.342 e. The third-order valence-corrected chi connectivity index (χ3v) is 5.91. The van der Waals surface area contributed by atoms with E-state index in [1.54, 1.807) is 24.3 Å². The Labute approximate surface area is 193 Å². The molecule has 2 aromatic heterocycles. The van der Waals surface area contributed by atoms with Crippen LogP contribution in [0.5, 0.6) is 5.75 Å². The number of methoxy groups -OCH3 is 1. The van der Waals surface area contributed by atoms with Crippen molar-refractivity contribution in [3.05, 3.63) is 64.2 Å². The summed E-state index contributed by atoms with van der Waals surface area (Å²) in [4.78, 5) is 12.0. The standard InChI is InChI=1S/C23H20ClN3O4S/c1-13(2)27-12-14(16-6-4-5-7-18(16)27)10-20(22(28)29)32-23-26-25-21(31-23)17-11-15(24)8-9-19(17)30-3/h4-13H,1-3H3,(H,28,29)/b20-10-. The summed E-state index contributed by atoms with van der Waals surface area (Å²) in [5.41, 5.74) is 2.37. The summed E-state index contributed by atoms with van der Waals surface area (Å²) in [6.07, 6.45) is 3.58. The Morgan fingerprint density at radius 1 is 1.25 bits per heavy atom. The van der Waals surface area contributed by atoms with Crippen molar-refractivity contribution in [3.63, 3.8) is 0 Å². The molecule has 0 unspecified atom stereocenters. The molecule has 0 aliphatic rings. The fraction of sp³-hybridized carbons (Fsp3) is 0.174. The number of hydrogen-bond donors (Lipinski definition) is 1. The first-order valence-electron chi connectivity index (χ1n) is 9.77. The van der Waals surface area contributed by atoms with E-state index in [-0.39, 0.29) is 22.1 Å². The Kier molecular flexibility index (Phi) is 6.25. The number of carboxylic acid groups (broad SMARTS) is 1. The van der Waals surface area contributed by atoms with E-state index in [1.165, 1.54) is 7.11 Å². The van der Waals surface area contributed by atoms with Crippen LogP contribution in [-0.4, -0.2) is 33.0 Å². The highest BCUT2D eigenvalue weighted by atomic mass is 35.5. The number of rotatable bonds is 7. The smallest absolute Gasteiger partial charge is 0.342 e. The zero-order chi connectivity index (χ0) is 22.8. The number of carboxylic acids is 1. The number of benzene rings is 2. The lowest BCUT2D eigenvalue weighted by molar-refractivity contribution is -0.131. The van der Waals surface area contributed by atoms with E-state index < -0.39 is 5.97 Å². The molecular formula is C23H20ClN3O4S. The van der Waals surface area contributed by atoms with Gasteiger partial charge in [0.05, 0.1) is 12.7 Å². The monoisotopic (exact) mass is 469 g/mol. The van der Waals surface area contributed by atoms with E-state index in [0.717, 1.165) is 28.2 Å². The highest BCUT2D eigenvalue weighted by molar-refractivity contribution is 8.03. The summed E-state index contributed by atoms with van der Waals surface area (Å²) < 4.78 is 13.1. The molecule has 0 fully saturated rings. The molecule has 0 aliphatic heterocycles. The van der Waals surface area contributed by atoms with Crippen LogP contribution in [-0.2, 0) is 4.79 Å². The van der Waals surface area contributed by atoms with Crippen molar-refractivity contribution in [2.75, 3.05) is 7.11 Å². The Hall–Kier alpha value is -3.23. The van der Waals surface area contributed by atoms with Crippen LogP contribution in [0.3, 0.4) is 0 Å². The van der Waals surface area contributed by atoms with Gasteiger partial charge in [-0.2, -0.15) is 0 Å². The van der Waals surface area contributed by atoms with Gasteiger partial charge in [0.15, 0.2) is 0 Å². The van der Waals surface area contributed by atoms with Crippen LogP contribution in [0.2, 0.25) is 5.02 Å². The van der Waals surface area contributed by atoms with Gasteiger partial charge >= 0.3 is 5.97 Å². The van der Waals surface area contributed by atoms with Gasteiger partial charge in [-0.15, -0.1) is 10.2 Å². The Morgan fingerprint density at radius 3 is 2.75 bits per heavy atom. The van der Waals surface area contributed by atoms with Gasteiger partial charge in [-0.05, 0) is 56.0 Å². The molecule has 1 N–H and O–H groups in total. The normalized spacial score (nSPS) is 12.0. The zero-order valence-corrected chi connectivity index (χ0v) is 19.1. The number of nitrogens with zero attached hydrogens (tertiary/aromatic N) is 3. The lowest BCUT2D eigenvalue weighted by Crippen LogP contribution is -1.98. The largest absolute Gasteiger partial charge is 0.496 e. The molecule has 0 saturated carbocycles. The molecule has 0 bridgehead atoms. The van der Waals surface area contributed by atoms with Crippen molar-refractivity contribution < 1.29 is 19.1 Å². The predicted octanol–water partition coefficient (Wildman–Crippen LogP) is 6.15. The third-order valence-electron chi connectivity index (χ3n) is 4.82. The Balaban J connectivity index is 1.70. The number of carbonyl (C=O) groups is 1. The van der Waals surface area contributed by atoms with Crippen molar-refractivity contribution in [3.8, 4) is 17.2 Å². The van der Waals surface area contributed by atoms with Crippen LogP contribution in [0, 0.1) is 0 Å². The molecule has 0 aliphatic carbocycles. The number of thioether (sulfide) groups is 1. The molecule has 0 atom stereocenters. The molecule has 4 aromatic rings. The number of ether oxygens (including phenoxy) is 1. The summed E-state index contributed by atoms with van der Waals surface area (Å²) in [6.45, 7) is 4.16. The summed E-state index contributed by atoms with van der Waals surface area (Å²) in [6, 6.07) is 13.2. The predicted molar refractivity (Wildman–Crippen MR) is 125 cm³/mol. The van der Waals surface area contributed by atoms with Gasteiger partial charge in [-0.3, -0.25) is 0 Å². The van der Waals surface area contributed by atoms with Gasteiger partial charge in [0, 0.05) is 33.7 Å².